The summed E-state index contributed by atoms with van der Waals surface area (Å²) in [5.74, 6) is -0.203. The lowest BCUT2D eigenvalue weighted by atomic mass is 10.1. The largest absolute Gasteiger partial charge is 0.454 e. The lowest BCUT2D eigenvalue weighted by molar-refractivity contribution is -0.117. The number of anilines is 1. The Morgan fingerprint density at radius 2 is 2.04 bits per heavy atom. The summed E-state index contributed by atoms with van der Waals surface area (Å²) >= 11 is 0. The maximum absolute atomic E-state index is 12.4. The van der Waals surface area contributed by atoms with Crippen molar-refractivity contribution in [3.05, 3.63) is 69.8 Å². The second kappa shape index (κ2) is 7.26. The molecule has 0 spiro atoms. The van der Waals surface area contributed by atoms with E-state index in [0.717, 1.165) is 12.0 Å². The van der Waals surface area contributed by atoms with Gasteiger partial charge < -0.3 is 14.6 Å². The third kappa shape index (κ3) is 3.38. The Kier molecular flexibility index (Phi) is 4.65. The Morgan fingerprint density at radius 1 is 1.21 bits per heavy atom. The molecule has 1 aromatic heterocycles. The fraction of sp³-hybridized carbons (Fsp3) is 0.238. The van der Waals surface area contributed by atoms with Crippen molar-refractivity contribution in [2.75, 3.05) is 11.4 Å². The number of aromatic amines is 1. The molecule has 0 aliphatic carbocycles. The molecule has 0 atom stereocenters. The standard InChI is InChI=1S/C21H19N3O4/c1-13-5-2-8-16-19(13)22-17(23-20(16)26)12-28-21(27)14-6-3-7-15(11-14)24-10-4-9-18(24)25/h2-3,5-8,11H,4,9-10,12H2,1H3,(H,22,23,26). The van der Waals surface area contributed by atoms with Gasteiger partial charge in [0.1, 0.15) is 12.4 Å². The second-order valence-corrected chi connectivity index (χ2v) is 6.76. The monoisotopic (exact) mass is 377 g/mol. The minimum absolute atomic E-state index is 0.0545. The quantitative estimate of drug-likeness (QED) is 0.706. The molecule has 1 aliphatic rings. The molecule has 2 aromatic carbocycles. The van der Waals surface area contributed by atoms with Gasteiger partial charge in [0.15, 0.2) is 0 Å². The van der Waals surface area contributed by atoms with Crippen molar-refractivity contribution in [3.63, 3.8) is 0 Å². The Balaban J connectivity index is 1.52. The van der Waals surface area contributed by atoms with E-state index in [1.807, 2.05) is 13.0 Å². The van der Waals surface area contributed by atoms with Crippen LogP contribution in [-0.2, 0) is 16.1 Å². The summed E-state index contributed by atoms with van der Waals surface area (Å²) in [7, 11) is 0. The van der Waals surface area contributed by atoms with Gasteiger partial charge in [-0.2, -0.15) is 0 Å². The number of aryl methyl sites for hydroxylation is 1. The van der Waals surface area contributed by atoms with Gasteiger partial charge in [-0.25, -0.2) is 9.78 Å². The molecule has 142 valence electrons. The molecule has 7 heteroatoms. The molecule has 0 saturated carbocycles. The van der Waals surface area contributed by atoms with Crippen LogP contribution < -0.4 is 10.5 Å². The number of rotatable bonds is 4. The van der Waals surface area contributed by atoms with Crippen molar-refractivity contribution in [2.24, 2.45) is 0 Å². The van der Waals surface area contributed by atoms with E-state index in [-0.39, 0.29) is 23.9 Å². The maximum Gasteiger partial charge on any atom is 0.338 e. The van der Waals surface area contributed by atoms with E-state index in [1.165, 1.54) is 0 Å². The van der Waals surface area contributed by atoms with Crippen LogP contribution in [0.5, 0.6) is 0 Å². The number of nitrogens with one attached hydrogen (secondary N) is 1. The third-order valence-corrected chi connectivity index (χ3v) is 4.79. The summed E-state index contributed by atoms with van der Waals surface area (Å²) < 4.78 is 5.33. The molecule has 7 nitrogen and oxygen atoms in total. The topological polar surface area (TPSA) is 92.4 Å². The molecule has 2 heterocycles. The van der Waals surface area contributed by atoms with Gasteiger partial charge in [-0.3, -0.25) is 9.59 Å². The minimum Gasteiger partial charge on any atom is -0.454 e. The summed E-state index contributed by atoms with van der Waals surface area (Å²) in [5, 5.41) is 0.498. The molecule has 1 aliphatic heterocycles. The molecule has 0 unspecified atom stereocenters. The van der Waals surface area contributed by atoms with Crippen molar-refractivity contribution in [2.45, 2.75) is 26.4 Å². The molecule has 1 saturated heterocycles. The van der Waals surface area contributed by atoms with E-state index in [9.17, 15) is 14.4 Å². The van der Waals surface area contributed by atoms with E-state index < -0.39 is 5.97 Å². The Morgan fingerprint density at radius 3 is 2.82 bits per heavy atom. The number of carbonyl (C=O) groups is 2. The average molecular weight is 377 g/mol. The van der Waals surface area contributed by atoms with Crippen molar-refractivity contribution in [1.29, 1.82) is 0 Å². The van der Waals surface area contributed by atoms with Crippen LogP contribution in [0, 0.1) is 6.92 Å². The van der Waals surface area contributed by atoms with Crippen molar-refractivity contribution < 1.29 is 14.3 Å². The number of H-pyrrole nitrogens is 1. The van der Waals surface area contributed by atoms with Gasteiger partial charge in [0.2, 0.25) is 5.91 Å². The molecule has 1 fully saturated rings. The number of fused-ring (bicyclic) bond motifs is 1. The number of nitrogens with zero attached hydrogens (tertiary/aromatic N) is 2. The van der Waals surface area contributed by atoms with E-state index in [4.69, 9.17) is 4.74 Å². The van der Waals surface area contributed by atoms with Crippen LogP contribution in [0.2, 0.25) is 0 Å². The normalized spacial score (nSPS) is 13.9. The zero-order valence-corrected chi connectivity index (χ0v) is 15.4. The number of benzene rings is 2. The van der Waals surface area contributed by atoms with Crippen LogP contribution in [0.4, 0.5) is 5.69 Å². The molecule has 0 bridgehead atoms. The zero-order chi connectivity index (χ0) is 19.7. The predicted molar refractivity (Wildman–Crippen MR) is 104 cm³/mol. The number of ether oxygens (including phenoxy) is 1. The number of hydrogen-bond acceptors (Lipinski definition) is 5. The summed E-state index contributed by atoms with van der Waals surface area (Å²) in [6.45, 7) is 2.37. The highest BCUT2D eigenvalue weighted by atomic mass is 16.5. The summed E-state index contributed by atoms with van der Waals surface area (Å²) in [5.41, 5.74) is 2.22. The number of hydrogen-bond donors (Lipinski definition) is 1. The van der Waals surface area contributed by atoms with E-state index >= 15 is 0 Å². The van der Waals surface area contributed by atoms with Gasteiger partial charge in [0.05, 0.1) is 16.5 Å². The van der Waals surface area contributed by atoms with Crippen LogP contribution >= 0.6 is 0 Å². The first-order chi connectivity index (χ1) is 13.5. The first-order valence-corrected chi connectivity index (χ1v) is 9.09. The van der Waals surface area contributed by atoms with Crippen LogP contribution in [0.1, 0.15) is 34.6 Å². The van der Waals surface area contributed by atoms with Crippen LogP contribution in [-0.4, -0.2) is 28.4 Å². The van der Waals surface area contributed by atoms with Gasteiger partial charge >= 0.3 is 5.97 Å². The van der Waals surface area contributed by atoms with Crippen LogP contribution in [0.15, 0.2) is 47.3 Å². The highest BCUT2D eigenvalue weighted by molar-refractivity contribution is 5.97. The van der Waals surface area contributed by atoms with Crippen LogP contribution in [0.3, 0.4) is 0 Å². The number of esters is 1. The number of amides is 1. The molecular weight excluding hydrogens is 358 g/mol. The molecular formula is C21H19N3O4. The third-order valence-electron chi connectivity index (χ3n) is 4.79. The second-order valence-electron chi connectivity index (χ2n) is 6.76. The van der Waals surface area contributed by atoms with Gasteiger partial charge in [0, 0.05) is 18.7 Å². The van der Waals surface area contributed by atoms with E-state index in [0.29, 0.717) is 35.1 Å². The maximum atomic E-state index is 12.4. The molecule has 1 N–H and O–H groups in total. The number of carbonyl (C=O) groups excluding carboxylic acids is 2. The average Bonchev–Trinajstić information content (AvgIpc) is 3.13. The summed E-state index contributed by atoms with van der Waals surface area (Å²) in [6.07, 6.45) is 1.34. The summed E-state index contributed by atoms with van der Waals surface area (Å²) in [4.78, 5) is 45.3. The number of para-hydroxylation sites is 1. The SMILES string of the molecule is Cc1cccc2c(=O)[nH]c(COC(=O)c3cccc(N4CCCC4=O)c3)nc12. The van der Waals surface area contributed by atoms with Gasteiger partial charge in [-0.1, -0.05) is 18.2 Å². The molecule has 28 heavy (non-hydrogen) atoms. The fourth-order valence-electron chi connectivity index (χ4n) is 3.36. The van der Waals surface area contributed by atoms with Gasteiger partial charge in [-0.05, 0) is 43.2 Å². The smallest absolute Gasteiger partial charge is 0.338 e. The minimum atomic E-state index is -0.541. The van der Waals surface area contributed by atoms with Crippen LogP contribution in [0.25, 0.3) is 10.9 Å². The van der Waals surface area contributed by atoms with Crippen molar-refractivity contribution in [3.8, 4) is 0 Å². The first kappa shape index (κ1) is 17.9. The van der Waals surface area contributed by atoms with Crippen molar-refractivity contribution >= 4 is 28.5 Å². The Labute approximate surface area is 161 Å². The molecule has 1 amide bonds. The number of aromatic nitrogens is 2. The molecule has 4 rings (SSSR count). The molecule has 0 radical (unpaired) electrons. The van der Waals surface area contributed by atoms with Gasteiger partial charge in [0.25, 0.3) is 5.56 Å². The highest BCUT2D eigenvalue weighted by Gasteiger charge is 2.22. The summed E-state index contributed by atoms with van der Waals surface area (Å²) in [6, 6.07) is 12.2. The lowest BCUT2D eigenvalue weighted by Crippen LogP contribution is -2.24. The van der Waals surface area contributed by atoms with E-state index in [1.54, 1.807) is 41.3 Å². The van der Waals surface area contributed by atoms with Gasteiger partial charge in [-0.15, -0.1) is 0 Å². The first-order valence-electron chi connectivity index (χ1n) is 9.09. The Hall–Kier alpha value is -3.48. The lowest BCUT2D eigenvalue weighted by Gasteiger charge is -2.16. The Bertz CT molecular complexity index is 1140. The highest BCUT2D eigenvalue weighted by Crippen LogP contribution is 2.22. The molecule has 3 aromatic rings. The zero-order valence-electron chi connectivity index (χ0n) is 15.4. The predicted octanol–water partition coefficient (Wildman–Crippen LogP) is 2.72. The van der Waals surface area contributed by atoms with Crippen molar-refractivity contribution in [1.82, 2.24) is 9.97 Å². The fourth-order valence-corrected chi connectivity index (χ4v) is 3.36. The van der Waals surface area contributed by atoms with E-state index in [2.05, 4.69) is 9.97 Å².